The molecule has 0 aliphatic heterocycles. The Kier molecular flexibility index (Phi) is 6.96. The molecule has 0 aromatic rings. The largest absolute Gasteiger partial charge is 0.327 e. The first-order valence-corrected chi connectivity index (χ1v) is 5.98. The van der Waals surface area contributed by atoms with Gasteiger partial charge in [0.2, 0.25) is 0 Å². The van der Waals surface area contributed by atoms with Gasteiger partial charge in [0.15, 0.2) is 0 Å². The Morgan fingerprint density at radius 3 is 2.25 bits per heavy atom. The molecule has 74 valence electrons. The van der Waals surface area contributed by atoms with E-state index < -0.39 is 0 Å². The minimum Gasteiger partial charge on any atom is -0.327 e. The Bertz CT molecular complexity index is 104. The highest BCUT2D eigenvalue weighted by atomic mass is 32.2. The van der Waals surface area contributed by atoms with Crippen LogP contribution in [-0.4, -0.2) is 17.0 Å². The first kappa shape index (κ1) is 12.3. The molecule has 2 heteroatoms. The van der Waals surface area contributed by atoms with Gasteiger partial charge in [-0.25, -0.2) is 0 Å². The molecule has 0 saturated carbocycles. The summed E-state index contributed by atoms with van der Waals surface area (Å²) in [5.41, 5.74) is 5.98. The molecule has 0 aliphatic carbocycles. The Morgan fingerprint density at radius 2 is 1.83 bits per heavy atom. The first-order chi connectivity index (χ1) is 5.56. The van der Waals surface area contributed by atoms with Crippen molar-refractivity contribution in [2.45, 2.75) is 51.8 Å². The molecule has 0 radical (unpaired) electrons. The molecular weight excluding hydrogens is 166 g/mol. The van der Waals surface area contributed by atoms with E-state index in [9.17, 15) is 0 Å². The van der Waals surface area contributed by atoms with Crippen molar-refractivity contribution in [1.82, 2.24) is 0 Å². The van der Waals surface area contributed by atoms with Gasteiger partial charge in [0.1, 0.15) is 0 Å². The number of hydrogen-bond acceptors (Lipinski definition) is 2. The van der Waals surface area contributed by atoms with Crippen molar-refractivity contribution in [3.63, 3.8) is 0 Å². The van der Waals surface area contributed by atoms with Crippen LogP contribution in [0.25, 0.3) is 0 Å². The highest BCUT2D eigenvalue weighted by Gasteiger charge is 2.08. The average Bonchev–Trinajstić information content (AvgIpc) is 2.00. The van der Waals surface area contributed by atoms with Crippen molar-refractivity contribution in [2.24, 2.45) is 11.7 Å². The fourth-order valence-corrected chi connectivity index (χ4v) is 1.84. The quantitative estimate of drug-likeness (QED) is 0.695. The van der Waals surface area contributed by atoms with E-state index in [1.807, 2.05) is 11.8 Å². The summed E-state index contributed by atoms with van der Waals surface area (Å²) < 4.78 is 0. The maximum atomic E-state index is 5.98. The van der Waals surface area contributed by atoms with E-state index >= 15 is 0 Å². The zero-order valence-corrected chi connectivity index (χ0v) is 9.66. The zero-order valence-electron chi connectivity index (χ0n) is 8.84. The van der Waals surface area contributed by atoms with Crippen molar-refractivity contribution in [3.8, 4) is 0 Å². The third-order valence-corrected chi connectivity index (χ3v) is 3.33. The summed E-state index contributed by atoms with van der Waals surface area (Å²) in [5.74, 6) is 1.90. The molecule has 0 fully saturated rings. The lowest BCUT2D eigenvalue weighted by molar-refractivity contribution is 0.472. The lowest BCUT2D eigenvalue weighted by Crippen LogP contribution is -2.25. The van der Waals surface area contributed by atoms with Gasteiger partial charge in [-0.05, 0) is 17.6 Å². The molecule has 0 rings (SSSR count). The van der Waals surface area contributed by atoms with E-state index in [-0.39, 0.29) is 0 Å². The predicted octanol–water partition coefficient (Wildman–Crippen LogP) is 2.89. The van der Waals surface area contributed by atoms with Crippen molar-refractivity contribution in [2.75, 3.05) is 5.75 Å². The molecule has 2 atom stereocenters. The van der Waals surface area contributed by atoms with Crippen LogP contribution in [0.5, 0.6) is 0 Å². The molecule has 0 spiro atoms. The second-order valence-corrected chi connectivity index (χ2v) is 5.50. The molecule has 0 aliphatic rings. The molecule has 0 heterocycles. The molecule has 1 nitrogen and oxygen atoms in total. The Hall–Kier alpha value is 0.310. The fourth-order valence-electron chi connectivity index (χ4n) is 1.07. The van der Waals surface area contributed by atoms with Gasteiger partial charge in [-0.3, -0.25) is 0 Å². The summed E-state index contributed by atoms with van der Waals surface area (Å²) in [4.78, 5) is 0. The van der Waals surface area contributed by atoms with E-state index in [0.29, 0.717) is 11.3 Å². The van der Waals surface area contributed by atoms with Gasteiger partial charge in [-0.1, -0.05) is 34.1 Å². The third kappa shape index (κ3) is 6.99. The van der Waals surface area contributed by atoms with Crippen LogP contribution < -0.4 is 5.73 Å². The molecule has 12 heavy (non-hydrogen) atoms. The van der Waals surface area contributed by atoms with Gasteiger partial charge < -0.3 is 5.73 Å². The summed E-state index contributed by atoms with van der Waals surface area (Å²) in [5, 5.41) is 0.716. The van der Waals surface area contributed by atoms with Crippen LogP contribution in [-0.2, 0) is 0 Å². The third-order valence-electron chi connectivity index (χ3n) is 2.05. The Balaban J connectivity index is 3.39. The SMILES string of the molecule is CCC(C)CC(N)CSC(C)C. The molecule has 0 aromatic carbocycles. The standard InChI is InChI=1S/C10H23NS/c1-5-9(4)6-10(11)7-12-8(2)3/h8-10H,5-7,11H2,1-4H3. The monoisotopic (exact) mass is 189 g/mol. The summed E-state index contributed by atoms with van der Waals surface area (Å²) in [7, 11) is 0. The molecule has 0 amide bonds. The van der Waals surface area contributed by atoms with Crippen LogP contribution in [0.4, 0.5) is 0 Å². The van der Waals surface area contributed by atoms with Crippen molar-refractivity contribution in [3.05, 3.63) is 0 Å². The molecular formula is C10H23NS. The van der Waals surface area contributed by atoms with Gasteiger partial charge in [0, 0.05) is 11.8 Å². The van der Waals surface area contributed by atoms with Crippen molar-refractivity contribution < 1.29 is 0 Å². The van der Waals surface area contributed by atoms with Crippen LogP contribution in [0, 0.1) is 5.92 Å². The van der Waals surface area contributed by atoms with Crippen LogP contribution in [0.3, 0.4) is 0 Å². The summed E-state index contributed by atoms with van der Waals surface area (Å²) in [6.45, 7) is 8.95. The van der Waals surface area contributed by atoms with Gasteiger partial charge in [0.05, 0.1) is 0 Å². The van der Waals surface area contributed by atoms with E-state index in [1.54, 1.807) is 0 Å². The fraction of sp³-hybridized carbons (Fsp3) is 1.00. The second kappa shape index (κ2) is 6.79. The Labute approximate surface area is 81.5 Å². The van der Waals surface area contributed by atoms with Crippen LogP contribution in [0.2, 0.25) is 0 Å². The topological polar surface area (TPSA) is 26.0 Å². The van der Waals surface area contributed by atoms with Gasteiger partial charge in [-0.2, -0.15) is 11.8 Å². The summed E-state index contributed by atoms with van der Waals surface area (Å²) in [6, 6.07) is 0.396. The van der Waals surface area contributed by atoms with Gasteiger partial charge >= 0.3 is 0 Å². The van der Waals surface area contributed by atoms with Crippen LogP contribution in [0.1, 0.15) is 40.5 Å². The molecule has 0 saturated heterocycles. The lowest BCUT2D eigenvalue weighted by Gasteiger charge is -2.16. The number of nitrogens with two attached hydrogens (primary N) is 1. The van der Waals surface area contributed by atoms with E-state index in [2.05, 4.69) is 27.7 Å². The van der Waals surface area contributed by atoms with Gasteiger partial charge in [-0.15, -0.1) is 0 Å². The zero-order chi connectivity index (χ0) is 9.56. The van der Waals surface area contributed by atoms with Crippen LogP contribution >= 0.6 is 11.8 Å². The minimum absolute atomic E-state index is 0.396. The Morgan fingerprint density at radius 1 is 1.25 bits per heavy atom. The summed E-state index contributed by atoms with van der Waals surface area (Å²) in [6.07, 6.45) is 2.43. The minimum atomic E-state index is 0.396. The second-order valence-electron chi connectivity index (χ2n) is 3.89. The average molecular weight is 189 g/mol. The molecule has 0 bridgehead atoms. The molecule has 2 N–H and O–H groups in total. The van der Waals surface area contributed by atoms with E-state index in [0.717, 1.165) is 11.7 Å². The smallest absolute Gasteiger partial charge is 0.0133 e. The number of hydrogen-bond donors (Lipinski definition) is 1. The first-order valence-electron chi connectivity index (χ1n) is 4.93. The van der Waals surface area contributed by atoms with Crippen LogP contribution in [0.15, 0.2) is 0 Å². The number of rotatable bonds is 6. The maximum absolute atomic E-state index is 5.98. The van der Waals surface area contributed by atoms with E-state index in [1.165, 1.54) is 12.8 Å². The van der Waals surface area contributed by atoms with E-state index in [4.69, 9.17) is 5.73 Å². The lowest BCUT2D eigenvalue weighted by atomic mass is 10.0. The maximum Gasteiger partial charge on any atom is 0.0133 e. The van der Waals surface area contributed by atoms with Crippen molar-refractivity contribution in [1.29, 1.82) is 0 Å². The molecule has 0 aromatic heterocycles. The highest BCUT2D eigenvalue weighted by molar-refractivity contribution is 7.99. The predicted molar refractivity (Wildman–Crippen MR) is 59.6 cm³/mol. The van der Waals surface area contributed by atoms with Crippen molar-refractivity contribution >= 4 is 11.8 Å². The van der Waals surface area contributed by atoms with Gasteiger partial charge in [0.25, 0.3) is 0 Å². The highest BCUT2D eigenvalue weighted by Crippen LogP contribution is 2.15. The summed E-state index contributed by atoms with van der Waals surface area (Å²) >= 11 is 1.97. The normalized spacial score (nSPS) is 16.5. The number of thioether (sulfide) groups is 1. The molecule has 2 unspecified atom stereocenters.